The van der Waals surface area contributed by atoms with Gasteiger partial charge in [-0.3, -0.25) is 0 Å². The minimum absolute atomic E-state index is 0.660. The summed E-state index contributed by atoms with van der Waals surface area (Å²) >= 11 is 0. The van der Waals surface area contributed by atoms with Crippen molar-refractivity contribution in [3.63, 3.8) is 0 Å². The van der Waals surface area contributed by atoms with Crippen molar-refractivity contribution in [3.8, 4) is 62.0 Å². The van der Waals surface area contributed by atoms with E-state index in [1.54, 1.807) is 0 Å². The molecule has 0 aliphatic heterocycles. The van der Waals surface area contributed by atoms with Crippen molar-refractivity contribution in [2.45, 2.75) is 0 Å². The van der Waals surface area contributed by atoms with Crippen LogP contribution in [0.15, 0.2) is 146 Å². The SMILES string of the molecule is N#Cc1cccc(-c2ccccc2-c2cc(-c3ccccc3)nc(-c3ccccc3)c2)c1-c1ccccc1. The number of aromatic nitrogens is 1. The molecule has 0 radical (unpaired) electrons. The lowest BCUT2D eigenvalue weighted by Crippen LogP contribution is -1.94. The Labute approximate surface area is 223 Å². The van der Waals surface area contributed by atoms with Crippen LogP contribution >= 0.6 is 0 Å². The van der Waals surface area contributed by atoms with Crippen molar-refractivity contribution in [2.24, 2.45) is 0 Å². The van der Waals surface area contributed by atoms with E-state index in [4.69, 9.17) is 4.98 Å². The van der Waals surface area contributed by atoms with Gasteiger partial charge in [0.1, 0.15) is 0 Å². The van der Waals surface area contributed by atoms with E-state index in [2.05, 4.69) is 84.9 Å². The Morgan fingerprint density at radius 3 is 1.45 bits per heavy atom. The third-order valence-electron chi connectivity index (χ3n) is 6.74. The van der Waals surface area contributed by atoms with Crippen LogP contribution in [0.2, 0.25) is 0 Å². The molecule has 0 N–H and O–H groups in total. The summed E-state index contributed by atoms with van der Waals surface area (Å²) in [6.07, 6.45) is 0. The topological polar surface area (TPSA) is 36.7 Å². The number of nitrogens with zero attached hydrogens (tertiary/aromatic N) is 2. The molecule has 0 spiro atoms. The summed E-state index contributed by atoms with van der Waals surface area (Å²) < 4.78 is 0. The molecule has 6 aromatic rings. The lowest BCUT2D eigenvalue weighted by atomic mass is 9.87. The average Bonchev–Trinajstić information content (AvgIpc) is 3.01. The summed E-state index contributed by atoms with van der Waals surface area (Å²) in [7, 11) is 0. The summed E-state index contributed by atoms with van der Waals surface area (Å²) in [5, 5.41) is 10.0. The molecule has 0 aliphatic carbocycles. The molecule has 1 aromatic heterocycles. The molecule has 38 heavy (non-hydrogen) atoms. The zero-order chi connectivity index (χ0) is 25.7. The Kier molecular flexibility index (Phi) is 6.33. The van der Waals surface area contributed by atoms with E-state index in [1.807, 2.05) is 66.7 Å². The second-order valence-electron chi connectivity index (χ2n) is 9.11. The molecule has 1 heterocycles. The van der Waals surface area contributed by atoms with E-state index in [9.17, 15) is 5.26 Å². The van der Waals surface area contributed by atoms with Gasteiger partial charge in [0.25, 0.3) is 0 Å². The summed E-state index contributed by atoms with van der Waals surface area (Å²) in [6, 6.07) is 51.9. The molecule has 0 atom stereocenters. The van der Waals surface area contributed by atoms with Gasteiger partial charge in [-0.15, -0.1) is 0 Å². The minimum Gasteiger partial charge on any atom is -0.248 e. The number of hydrogen-bond acceptors (Lipinski definition) is 2. The van der Waals surface area contributed by atoms with Gasteiger partial charge in [-0.2, -0.15) is 5.26 Å². The monoisotopic (exact) mass is 484 g/mol. The Hall–Kier alpha value is -5.26. The maximum atomic E-state index is 10.0. The van der Waals surface area contributed by atoms with Gasteiger partial charge in [0.15, 0.2) is 0 Å². The molecule has 178 valence electrons. The molecule has 0 saturated carbocycles. The maximum absolute atomic E-state index is 10.0. The molecular formula is C36H24N2. The molecule has 5 aromatic carbocycles. The van der Waals surface area contributed by atoms with E-state index in [0.29, 0.717) is 5.56 Å². The summed E-state index contributed by atoms with van der Waals surface area (Å²) in [5.74, 6) is 0. The van der Waals surface area contributed by atoms with Gasteiger partial charge in [0.2, 0.25) is 0 Å². The molecule has 0 aliphatic rings. The van der Waals surface area contributed by atoms with Crippen LogP contribution in [0.25, 0.3) is 55.9 Å². The second kappa shape index (κ2) is 10.4. The number of benzene rings is 5. The summed E-state index contributed by atoms with van der Waals surface area (Å²) in [4.78, 5) is 5.05. The summed E-state index contributed by atoms with van der Waals surface area (Å²) in [6.45, 7) is 0. The van der Waals surface area contributed by atoms with Crippen LogP contribution < -0.4 is 0 Å². The Morgan fingerprint density at radius 2 is 0.895 bits per heavy atom. The molecule has 0 amide bonds. The first-order chi connectivity index (χ1) is 18.8. The van der Waals surface area contributed by atoms with E-state index in [1.165, 1.54) is 0 Å². The van der Waals surface area contributed by atoms with Gasteiger partial charge in [0.05, 0.1) is 23.0 Å². The van der Waals surface area contributed by atoms with Gasteiger partial charge < -0.3 is 0 Å². The lowest BCUT2D eigenvalue weighted by Gasteiger charge is -2.17. The number of nitriles is 1. The van der Waals surface area contributed by atoms with Crippen LogP contribution in [0.5, 0.6) is 0 Å². The van der Waals surface area contributed by atoms with Crippen molar-refractivity contribution in [2.75, 3.05) is 0 Å². The third kappa shape index (κ3) is 4.50. The minimum atomic E-state index is 0.660. The van der Waals surface area contributed by atoms with Crippen molar-refractivity contribution in [1.29, 1.82) is 5.26 Å². The molecule has 2 heteroatoms. The smallest absolute Gasteiger partial charge is 0.0998 e. The zero-order valence-electron chi connectivity index (χ0n) is 20.8. The number of rotatable bonds is 5. The standard InChI is InChI=1S/C36H24N2/c37-25-29-19-12-22-33(36(29)28-17-8-3-9-18-28)32-21-11-10-20-31(32)30-23-34(26-13-4-1-5-14-26)38-35(24-30)27-15-6-2-7-16-27/h1-24H. The lowest BCUT2D eigenvalue weighted by molar-refractivity contribution is 1.32. The molecular weight excluding hydrogens is 460 g/mol. The Morgan fingerprint density at radius 1 is 0.421 bits per heavy atom. The molecule has 0 fully saturated rings. The predicted octanol–water partition coefficient (Wildman–Crippen LogP) is 9.29. The first-order valence-electron chi connectivity index (χ1n) is 12.6. The third-order valence-corrected chi connectivity index (χ3v) is 6.74. The second-order valence-corrected chi connectivity index (χ2v) is 9.11. The van der Waals surface area contributed by atoms with E-state index < -0.39 is 0 Å². The predicted molar refractivity (Wildman–Crippen MR) is 156 cm³/mol. The highest BCUT2D eigenvalue weighted by Crippen LogP contribution is 2.41. The van der Waals surface area contributed by atoms with Gasteiger partial charge in [-0.1, -0.05) is 127 Å². The zero-order valence-corrected chi connectivity index (χ0v) is 20.8. The first kappa shape index (κ1) is 23.2. The first-order valence-corrected chi connectivity index (χ1v) is 12.6. The fourth-order valence-corrected chi connectivity index (χ4v) is 4.96. The molecule has 6 rings (SSSR count). The highest BCUT2D eigenvalue weighted by atomic mass is 14.7. The number of pyridine rings is 1. The summed E-state index contributed by atoms with van der Waals surface area (Å²) in [5.41, 5.74) is 10.9. The van der Waals surface area contributed by atoms with Crippen LogP contribution in [0, 0.1) is 11.3 Å². The quantitative estimate of drug-likeness (QED) is 0.244. The Balaban J connectivity index is 1.60. The van der Waals surface area contributed by atoms with Crippen LogP contribution in [-0.2, 0) is 0 Å². The maximum Gasteiger partial charge on any atom is 0.0998 e. The molecule has 0 saturated heterocycles. The van der Waals surface area contributed by atoms with Crippen molar-refractivity contribution >= 4 is 0 Å². The van der Waals surface area contributed by atoms with Gasteiger partial charge in [0, 0.05) is 16.7 Å². The highest BCUT2D eigenvalue weighted by molar-refractivity contribution is 5.94. The largest absolute Gasteiger partial charge is 0.248 e. The molecule has 2 nitrogen and oxygen atoms in total. The molecule has 0 bridgehead atoms. The van der Waals surface area contributed by atoms with Crippen LogP contribution in [0.1, 0.15) is 5.56 Å². The average molecular weight is 485 g/mol. The van der Waals surface area contributed by atoms with E-state index in [0.717, 1.165) is 55.9 Å². The van der Waals surface area contributed by atoms with Gasteiger partial charge in [-0.25, -0.2) is 4.98 Å². The molecule has 0 unspecified atom stereocenters. The van der Waals surface area contributed by atoms with Crippen LogP contribution in [-0.4, -0.2) is 4.98 Å². The van der Waals surface area contributed by atoms with Crippen LogP contribution in [0.3, 0.4) is 0 Å². The van der Waals surface area contributed by atoms with Crippen molar-refractivity contribution in [3.05, 3.63) is 151 Å². The van der Waals surface area contributed by atoms with Gasteiger partial charge >= 0.3 is 0 Å². The van der Waals surface area contributed by atoms with Gasteiger partial charge in [-0.05, 0) is 46.0 Å². The highest BCUT2D eigenvalue weighted by Gasteiger charge is 2.17. The number of hydrogen-bond donors (Lipinski definition) is 0. The normalized spacial score (nSPS) is 10.6. The van der Waals surface area contributed by atoms with E-state index >= 15 is 0 Å². The van der Waals surface area contributed by atoms with Crippen molar-refractivity contribution in [1.82, 2.24) is 4.98 Å². The Bertz CT molecular complexity index is 1690. The van der Waals surface area contributed by atoms with Crippen LogP contribution in [0.4, 0.5) is 0 Å². The van der Waals surface area contributed by atoms with Crippen molar-refractivity contribution < 1.29 is 0 Å². The van der Waals surface area contributed by atoms with E-state index in [-0.39, 0.29) is 0 Å². The fraction of sp³-hybridized carbons (Fsp3) is 0. The fourth-order valence-electron chi connectivity index (χ4n) is 4.96.